The van der Waals surface area contributed by atoms with Crippen molar-refractivity contribution in [2.75, 3.05) is 19.7 Å². The molecule has 0 radical (unpaired) electrons. The van der Waals surface area contributed by atoms with Crippen molar-refractivity contribution < 1.29 is 14.3 Å². The Hall–Kier alpha value is -1.36. The topological polar surface area (TPSA) is 46.6 Å². The van der Waals surface area contributed by atoms with E-state index in [0.717, 1.165) is 11.1 Å². The van der Waals surface area contributed by atoms with E-state index >= 15 is 0 Å². The standard InChI is InChI=1S/C14H19NO3S/c1-3-18-14(17)11-4-6-15(7-5-11)13(16)12-9-19-8-10(12)2/h8-9,11H,3-7H2,1-2H3. The lowest BCUT2D eigenvalue weighted by Gasteiger charge is -2.30. The average Bonchev–Trinajstić information content (AvgIpc) is 2.84. The first-order chi connectivity index (χ1) is 9.13. The highest BCUT2D eigenvalue weighted by Gasteiger charge is 2.29. The van der Waals surface area contributed by atoms with E-state index in [4.69, 9.17) is 4.74 Å². The molecule has 0 aromatic carbocycles. The van der Waals surface area contributed by atoms with Gasteiger partial charge in [0.05, 0.1) is 18.1 Å². The Bertz CT molecular complexity index is 461. The second-order valence-electron chi connectivity index (χ2n) is 4.79. The van der Waals surface area contributed by atoms with Crippen molar-refractivity contribution in [3.8, 4) is 0 Å². The summed E-state index contributed by atoms with van der Waals surface area (Å²) in [4.78, 5) is 25.8. The summed E-state index contributed by atoms with van der Waals surface area (Å²) >= 11 is 1.55. The van der Waals surface area contributed by atoms with Crippen LogP contribution in [0.15, 0.2) is 10.8 Å². The number of aryl methyl sites for hydroxylation is 1. The summed E-state index contributed by atoms with van der Waals surface area (Å²) < 4.78 is 5.03. The maximum absolute atomic E-state index is 12.3. The summed E-state index contributed by atoms with van der Waals surface area (Å²) in [6, 6.07) is 0. The Morgan fingerprint density at radius 1 is 1.37 bits per heavy atom. The van der Waals surface area contributed by atoms with E-state index in [1.807, 2.05) is 29.5 Å². The number of carbonyl (C=O) groups is 2. The molecular weight excluding hydrogens is 262 g/mol. The molecule has 2 heterocycles. The van der Waals surface area contributed by atoms with Gasteiger partial charge in [0.2, 0.25) is 0 Å². The van der Waals surface area contributed by atoms with Crippen LogP contribution >= 0.6 is 11.3 Å². The van der Waals surface area contributed by atoms with Gasteiger partial charge in [-0.05, 0) is 37.6 Å². The molecule has 1 aliphatic rings. The quantitative estimate of drug-likeness (QED) is 0.800. The molecular formula is C14H19NO3S. The van der Waals surface area contributed by atoms with Crippen molar-refractivity contribution in [3.63, 3.8) is 0 Å². The minimum absolute atomic E-state index is 0.0485. The van der Waals surface area contributed by atoms with E-state index in [1.165, 1.54) is 0 Å². The Morgan fingerprint density at radius 2 is 2.05 bits per heavy atom. The molecule has 1 aromatic rings. The zero-order chi connectivity index (χ0) is 13.8. The van der Waals surface area contributed by atoms with E-state index in [2.05, 4.69) is 0 Å². The number of thiophene rings is 1. The van der Waals surface area contributed by atoms with Crippen LogP contribution in [0.3, 0.4) is 0 Å². The Morgan fingerprint density at radius 3 is 2.58 bits per heavy atom. The third-order valence-corrected chi connectivity index (χ3v) is 4.35. The minimum atomic E-state index is -0.124. The molecule has 1 fully saturated rings. The Balaban J connectivity index is 1.92. The lowest BCUT2D eigenvalue weighted by atomic mass is 9.96. The highest BCUT2D eigenvalue weighted by molar-refractivity contribution is 7.08. The van der Waals surface area contributed by atoms with Gasteiger partial charge in [0.15, 0.2) is 0 Å². The van der Waals surface area contributed by atoms with Gasteiger partial charge in [0.25, 0.3) is 5.91 Å². The fourth-order valence-corrected chi connectivity index (χ4v) is 3.15. The number of nitrogens with zero attached hydrogens (tertiary/aromatic N) is 1. The molecule has 0 unspecified atom stereocenters. The van der Waals surface area contributed by atoms with E-state index in [0.29, 0.717) is 32.5 Å². The second kappa shape index (κ2) is 6.19. The van der Waals surface area contributed by atoms with E-state index in [-0.39, 0.29) is 17.8 Å². The van der Waals surface area contributed by atoms with Gasteiger partial charge >= 0.3 is 5.97 Å². The highest BCUT2D eigenvalue weighted by Crippen LogP contribution is 2.22. The predicted octanol–water partition coefficient (Wildman–Crippen LogP) is 2.47. The molecule has 104 valence electrons. The van der Waals surface area contributed by atoms with Crippen LogP contribution in [-0.2, 0) is 9.53 Å². The molecule has 0 spiro atoms. The minimum Gasteiger partial charge on any atom is -0.466 e. The lowest BCUT2D eigenvalue weighted by molar-refractivity contribution is -0.149. The van der Waals surface area contributed by atoms with Gasteiger partial charge in [-0.15, -0.1) is 0 Å². The molecule has 0 bridgehead atoms. The van der Waals surface area contributed by atoms with Crippen LogP contribution < -0.4 is 0 Å². The summed E-state index contributed by atoms with van der Waals surface area (Å²) in [5, 5.41) is 3.88. The smallest absolute Gasteiger partial charge is 0.309 e. The molecule has 1 aliphatic heterocycles. The molecule has 5 heteroatoms. The van der Waals surface area contributed by atoms with Gasteiger partial charge in [-0.3, -0.25) is 9.59 Å². The van der Waals surface area contributed by atoms with Gasteiger partial charge in [-0.1, -0.05) is 0 Å². The normalized spacial score (nSPS) is 16.4. The third kappa shape index (κ3) is 3.15. The number of hydrogen-bond acceptors (Lipinski definition) is 4. The first-order valence-corrected chi connectivity index (χ1v) is 7.56. The van der Waals surface area contributed by atoms with Crippen molar-refractivity contribution in [1.82, 2.24) is 4.90 Å². The van der Waals surface area contributed by atoms with Crippen LogP contribution in [0.1, 0.15) is 35.7 Å². The molecule has 0 atom stereocenters. The zero-order valence-electron chi connectivity index (χ0n) is 11.3. The SMILES string of the molecule is CCOC(=O)C1CCN(C(=O)c2cscc2C)CC1. The maximum atomic E-state index is 12.3. The molecule has 0 aliphatic carbocycles. The van der Waals surface area contributed by atoms with E-state index in [9.17, 15) is 9.59 Å². The van der Waals surface area contributed by atoms with Gasteiger partial charge in [0.1, 0.15) is 0 Å². The van der Waals surface area contributed by atoms with Crippen LogP contribution in [0.4, 0.5) is 0 Å². The van der Waals surface area contributed by atoms with Crippen molar-refractivity contribution >= 4 is 23.2 Å². The monoisotopic (exact) mass is 281 g/mol. The number of esters is 1. The summed E-state index contributed by atoms with van der Waals surface area (Å²) in [5.74, 6) is -0.0880. The van der Waals surface area contributed by atoms with Crippen LogP contribution in [0, 0.1) is 12.8 Å². The maximum Gasteiger partial charge on any atom is 0.309 e. The fraction of sp³-hybridized carbons (Fsp3) is 0.571. The van der Waals surface area contributed by atoms with Gasteiger partial charge in [-0.25, -0.2) is 0 Å². The largest absolute Gasteiger partial charge is 0.466 e. The molecule has 2 rings (SSSR count). The Kier molecular flexibility index (Phi) is 4.58. The summed E-state index contributed by atoms with van der Waals surface area (Å²) in [6.45, 7) is 5.46. The van der Waals surface area contributed by atoms with Gasteiger partial charge in [0, 0.05) is 18.5 Å². The van der Waals surface area contributed by atoms with Gasteiger partial charge < -0.3 is 9.64 Å². The highest BCUT2D eigenvalue weighted by atomic mass is 32.1. The third-order valence-electron chi connectivity index (χ3n) is 3.49. The first-order valence-electron chi connectivity index (χ1n) is 6.62. The predicted molar refractivity (Wildman–Crippen MR) is 74.3 cm³/mol. The number of carbonyl (C=O) groups excluding carboxylic acids is 2. The van der Waals surface area contributed by atoms with Crippen LogP contribution in [0.2, 0.25) is 0 Å². The van der Waals surface area contributed by atoms with E-state index in [1.54, 1.807) is 11.3 Å². The number of rotatable bonds is 3. The number of likely N-dealkylation sites (tertiary alicyclic amines) is 1. The number of ether oxygens (including phenoxy) is 1. The van der Waals surface area contributed by atoms with E-state index < -0.39 is 0 Å². The molecule has 19 heavy (non-hydrogen) atoms. The Labute approximate surface area is 117 Å². The van der Waals surface area contributed by atoms with Crippen molar-refractivity contribution in [1.29, 1.82) is 0 Å². The zero-order valence-corrected chi connectivity index (χ0v) is 12.2. The molecule has 1 amide bonds. The molecule has 0 saturated carbocycles. The molecule has 0 N–H and O–H groups in total. The summed E-state index contributed by atoms with van der Waals surface area (Å²) in [7, 11) is 0. The average molecular weight is 281 g/mol. The second-order valence-corrected chi connectivity index (χ2v) is 5.53. The van der Waals surface area contributed by atoms with Crippen LogP contribution in [0.25, 0.3) is 0 Å². The van der Waals surface area contributed by atoms with Crippen LogP contribution in [0.5, 0.6) is 0 Å². The molecule has 1 saturated heterocycles. The number of amides is 1. The van der Waals surface area contributed by atoms with Crippen molar-refractivity contribution in [2.45, 2.75) is 26.7 Å². The molecule has 4 nitrogen and oxygen atoms in total. The lowest BCUT2D eigenvalue weighted by Crippen LogP contribution is -2.40. The molecule has 1 aromatic heterocycles. The number of piperidine rings is 1. The summed E-state index contributed by atoms with van der Waals surface area (Å²) in [6.07, 6.45) is 1.40. The van der Waals surface area contributed by atoms with Crippen molar-refractivity contribution in [3.05, 3.63) is 21.9 Å². The van der Waals surface area contributed by atoms with Gasteiger partial charge in [-0.2, -0.15) is 11.3 Å². The van der Waals surface area contributed by atoms with Crippen molar-refractivity contribution in [2.24, 2.45) is 5.92 Å². The summed E-state index contributed by atoms with van der Waals surface area (Å²) in [5.41, 5.74) is 1.82. The number of hydrogen-bond donors (Lipinski definition) is 0. The fourth-order valence-electron chi connectivity index (χ4n) is 2.33. The van der Waals surface area contributed by atoms with Crippen LogP contribution in [-0.4, -0.2) is 36.5 Å². The first kappa shape index (κ1) is 14.1.